The summed E-state index contributed by atoms with van der Waals surface area (Å²) < 4.78 is 0. The number of hydrogen-bond donors (Lipinski definition) is 2. The van der Waals surface area contributed by atoms with Crippen LogP contribution in [-0.4, -0.2) is 25.7 Å². The van der Waals surface area contributed by atoms with Crippen molar-refractivity contribution in [2.75, 3.05) is 19.6 Å². The largest absolute Gasteiger partial charge is 0.315 e. The van der Waals surface area contributed by atoms with Gasteiger partial charge in [-0.25, -0.2) is 0 Å². The molecule has 0 saturated heterocycles. The molecule has 0 atom stereocenters. The van der Waals surface area contributed by atoms with Crippen LogP contribution in [0.1, 0.15) is 96.8 Å². The van der Waals surface area contributed by atoms with Crippen LogP contribution in [0.3, 0.4) is 0 Å². The van der Waals surface area contributed by atoms with Crippen molar-refractivity contribution in [3.05, 3.63) is 0 Å². The van der Waals surface area contributed by atoms with Crippen molar-refractivity contribution >= 4 is 0 Å². The Bertz CT molecular complexity index is 200. The molecule has 1 rings (SSSR count). The van der Waals surface area contributed by atoms with Crippen molar-refractivity contribution in [1.29, 1.82) is 0 Å². The minimum atomic E-state index is 0.813. The van der Waals surface area contributed by atoms with Crippen molar-refractivity contribution in [2.45, 2.75) is 103 Å². The summed E-state index contributed by atoms with van der Waals surface area (Å²) in [6, 6.07) is 0.813. The molecule has 1 aliphatic carbocycles. The maximum atomic E-state index is 3.69. The predicted octanol–water partition coefficient (Wildman–Crippen LogP) is 5.03. The molecule has 2 nitrogen and oxygen atoms in total. The topological polar surface area (TPSA) is 24.1 Å². The van der Waals surface area contributed by atoms with Crippen molar-refractivity contribution < 1.29 is 0 Å². The molecule has 0 aromatic carbocycles. The molecule has 0 aliphatic heterocycles. The lowest BCUT2D eigenvalue weighted by Gasteiger charge is -2.22. The highest BCUT2D eigenvalue weighted by Gasteiger charge is 2.11. The second kappa shape index (κ2) is 14.8. The fourth-order valence-electron chi connectivity index (χ4n) is 3.36. The van der Waals surface area contributed by atoms with Crippen LogP contribution in [-0.2, 0) is 0 Å². The lowest BCUT2D eigenvalue weighted by Crippen LogP contribution is -2.36. The number of nitrogens with one attached hydrogen (secondary N) is 2. The first-order valence-electron chi connectivity index (χ1n) is 9.87. The molecule has 0 aromatic rings. The van der Waals surface area contributed by atoms with Gasteiger partial charge in [-0.3, -0.25) is 0 Å². The minimum Gasteiger partial charge on any atom is -0.315 e. The van der Waals surface area contributed by atoms with Crippen LogP contribution in [0.5, 0.6) is 0 Å². The summed E-state index contributed by atoms with van der Waals surface area (Å²) in [4.78, 5) is 0. The molecule has 0 spiro atoms. The van der Waals surface area contributed by atoms with Crippen LogP contribution >= 0.6 is 0 Å². The van der Waals surface area contributed by atoms with Crippen molar-refractivity contribution in [1.82, 2.24) is 10.6 Å². The number of hydrogen-bond acceptors (Lipinski definition) is 2. The normalized spacial score (nSPS) is 16.4. The summed E-state index contributed by atoms with van der Waals surface area (Å²) in [5.41, 5.74) is 0. The summed E-state index contributed by atoms with van der Waals surface area (Å²) in [5, 5.41) is 7.28. The molecule has 1 fully saturated rings. The van der Waals surface area contributed by atoms with E-state index in [0.717, 1.165) is 19.1 Å². The summed E-state index contributed by atoms with van der Waals surface area (Å²) in [7, 11) is 0. The first-order chi connectivity index (χ1) is 10.4. The highest BCUT2D eigenvalue weighted by Crippen LogP contribution is 2.16. The third-order valence-electron chi connectivity index (χ3n) is 4.80. The Morgan fingerprint density at radius 2 is 1.29 bits per heavy atom. The van der Waals surface area contributed by atoms with E-state index in [1.165, 1.54) is 96.4 Å². The molecule has 0 aromatic heterocycles. The molecule has 2 N–H and O–H groups in total. The monoisotopic (exact) mass is 296 g/mol. The lowest BCUT2D eigenvalue weighted by molar-refractivity contribution is 0.372. The van der Waals surface area contributed by atoms with E-state index < -0.39 is 0 Å². The van der Waals surface area contributed by atoms with Crippen molar-refractivity contribution in [3.8, 4) is 0 Å². The van der Waals surface area contributed by atoms with Gasteiger partial charge in [-0.15, -0.1) is 0 Å². The molecule has 0 radical (unpaired) electrons. The Morgan fingerprint density at radius 3 is 1.95 bits per heavy atom. The molecule has 0 heterocycles. The van der Waals surface area contributed by atoms with E-state index in [2.05, 4.69) is 17.6 Å². The third-order valence-corrected chi connectivity index (χ3v) is 4.80. The van der Waals surface area contributed by atoms with Gasteiger partial charge in [-0.1, -0.05) is 77.6 Å². The SMILES string of the molecule is CCCCCCCCCCCNCCNC1CCCCC1. The molecular weight excluding hydrogens is 256 g/mol. The van der Waals surface area contributed by atoms with E-state index in [1.807, 2.05) is 0 Å². The highest BCUT2D eigenvalue weighted by atomic mass is 15.0. The van der Waals surface area contributed by atoms with Gasteiger partial charge in [0, 0.05) is 19.1 Å². The average molecular weight is 297 g/mol. The van der Waals surface area contributed by atoms with Gasteiger partial charge in [0.15, 0.2) is 0 Å². The van der Waals surface area contributed by atoms with E-state index in [-0.39, 0.29) is 0 Å². The molecule has 0 bridgehead atoms. The van der Waals surface area contributed by atoms with Crippen LogP contribution in [0.4, 0.5) is 0 Å². The van der Waals surface area contributed by atoms with E-state index in [1.54, 1.807) is 0 Å². The smallest absolute Gasteiger partial charge is 0.00793 e. The van der Waals surface area contributed by atoms with Crippen LogP contribution in [0, 0.1) is 0 Å². The van der Waals surface area contributed by atoms with Gasteiger partial charge in [-0.05, 0) is 25.8 Å². The second-order valence-corrected chi connectivity index (χ2v) is 6.87. The van der Waals surface area contributed by atoms with Crippen LogP contribution in [0.15, 0.2) is 0 Å². The van der Waals surface area contributed by atoms with E-state index in [4.69, 9.17) is 0 Å². The summed E-state index contributed by atoms with van der Waals surface area (Å²) in [6.07, 6.45) is 19.9. The van der Waals surface area contributed by atoms with Gasteiger partial charge < -0.3 is 10.6 Å². The molecule has 1 aliphatic rings. The third kappa shape index (κ3) is 12.2. The minimum absolute atomic E-state index is 0.813. The predicted molar refractivity (Wildman–Crippen MR) is 95.0 cm³/mol. The number of rotatable bonds is 14. The fraction of sp³-hybridized carbons (Fsp3) is 1.00. The Kier molecular flexibility index (Phi) is 13.4. The Labute approximate surface area is 133 Å². The molecule has 126 valence electrons. The molecule has 0 unspecified atom stereocenters. The molecule has 21 heavy (non-hydrogen) atoms. The molecule has 2 heteroatoms. The Balaban J connectivity index is 1.69. The fourth-order valence-corrected chi connectivity index (χ4v) is 3.36. The first-order valence-corrected chi connectivity index (χ1v) is 9.87. The second-order valence-electron chi connectivity index (χ2n) is 6.87. The maximum Gasteiger partial charge on any atom is 0.00793 e. The van der Waals surface area contributed by atoms with Gasteiger partial charge in [0.2, 0.25) is 0 Å². The molecule has 1 saturated carbocycles. The average Bonchev–Trinajstić information content (AvgIpc) is 2.53. The standard InChI is InChI=1S/C19H40N2/c1-2-3-4-5-6-7-8-9-13-16-20-17-18-21-19-14-11-10-12-15-19/h19-21H,2-18H2,1H3. The van der Waals surface area contributed by atoms with Gasteiger partial charge in [-0.2, -0.15) is 0 Å². The first kappa shape index (κ1) is 19.0. The van der Waals surface area contributed by atoms with Gasteiger partial charge in [0.1, 0.15) is 0 Å². The van der Waals surface area contributed by atoms with Gasteiger partial charge >= 0.3 is 0 Å². The molecule has 0 amide bonds. The van der Waals surface area contributed by atoms with Crippen molar-refractivity contribution in [2.24, 2.45) is 0 Å². The van der Waals surface area contributed by atoms with Crippen LogP contribution < -0.4 is 10.6 Å². The maximum absolute atomic E-state index is 3.69. The zero-order valence-electron chi connectivity index (χ0n) is 14.6. The zero-order valence-corrected chi connectivity index (χ0v) is 14.6. The quantitative estimate of drug-likeness (QED) is 0.439. The van der Waals surface area contributed by atoms with Gasteiger partial charge in [0.05, 0.1) is 0 Å². The zero-order chi connectivity index (χ0) is 15.0. The van der Waals surface area contributed by atoms with Crippen LogP contribution in [0.25, 0.3) is 0 Å². The van der Waals surface area contributed by atoms with Crippen molar-refractivity contribution in [3.63, 3.8) is 0 Å². The van der Waals surface area contributed by atoms with E-state index >= 15 is 0 Å². The number of unbranched alkanes of at least 4 members (excludes halogenated alkanes) is 8. The highest BCUT2D eigenvalue weighted by molar-refractivity contribution is 4.71. The summed E-state index contributed by atoms with van der Waals surface area (Å²) in [5.74, 6) is 0. The van der Waals surface area contributed by atoms with E-state index in [9.17, 15) is 0 Å². The molecular formula is C19H40N2. The van der Waals surface area contributed by atoms with Crippen LogP contribution in [0.2, 0.25) is 0 Å². The summed E-state index contributed by atoms with van der Waals surface area (Å²) >= 11 is 0. The lowest BCUT2D eigenvalue weighted by atomic mass is 9.95. The Hall–Kier alpha value is -0.0800. The Morgan fingerprint density at radius 1 is 0.667 bits per heavy atom. The summed E-state index contributed by atoms with van der Waals surface area (Å²) in [6.45, 7) is 5.80. The van der Waals surface area contributed by atoms with Gasteiger partial charge in [0.25, 0.3) is 0 Å². The van der Waals surface area contributed by atoms with E-state index in [0.29, 0.717) is 0 Å².